The first-order chi connectivity index (χ1) is 70.4. The molecule has 920 valence electrons. The van der Waals surface area contributed by atoms with Crippen LogP contribution in [0.5, 0.6) is 0 Å². The third-order valence-corrected chi connectivity index (χ3v) is 29.8. The summed E-state index contributed by atoms with van der Waals surface area (Å²) >= 11 is 0. The number of methoxy groups -OCH3 is 1. The average Bonchev–Trinajstić information content (AvgIpc) is 1.69. The van der Waals surface area contributed by atoms with Gasteiger partial charge in [0.2, 0.25) is 0 Å². The quantitative estimate of drug-likeness (QED) is 0.0278. The van der Waals surface area contributed by atoms with Crippen LogP contribution >= 0.6 is 0 Å². The first-order valence-corrected chi connectivity index (χ1v) is 58.1. The molecule has 14 atom stereocenters. The number of nitrogens with one attached hydrogen (secondary N) is 17. The molecule has 150 heavy (non-hydrogen) atoms. The van der Waals surface area contributed by atoms with Crippen molar-refractivity contribution in [3.63, 3.8) is 0 Å². The largest absolute Gasteiger partial charge is 0.395 e. The van der Waals surface area contributed by atoms with Gasteiger partial charge in [0, 0.05) is 122 Å². The van der Waals surface area contributed by atoms with Crippen molar-refractivity contribution in [2.24, 2.45) is 58.7 Å². The number of aliphatic hydroxyl groups is 16. The third kappa shape index (κ3) is 94.2. The van der Waals surface area contributed by atoms with Crippen LogP contribution in [0.3, 0.4) is 0 Å². The Morgan fingerprint density at radius 1 is 0.320 bits per heavy atom. The van der Waals surface area contributed by atoms with Crippen molar-refractivity contribution in [2.45, 2.75) is 457 Å². The number of ether oxygens (including phenoxy) is 2. The van der Waals surface area contributed by atoms with Gasteiger partial charge in [0.15, 0.2) is 0 Å². The molecule has 0 aromatic heterocycles. The molecule has 33 N–H and O–H groups in total. The van der Waals surface area contributed by atoms with Crippen LogP contribution in [0.4, 0.5) is 0 Å². The highest BCUT2D eigenvalue weighted by Gasteiger charge is 2.41. The summed E-state index contributed by atoms with van der Waals surface area (Å²) in [7, 11) is 33.9. The van der Waals surface area contributed by atoms with E-state index in [0.717, 1.165) is 109 Å². The number of aliphatic hydroxyl groups excluding tert-OH is 13. The summed E-state index contributed by atoms with van der Waals surface area (Å²) in [5, 5.41) is 195. The lowest BCUT2D eigenvalue weighted by molar-refractivity contribution is 0.0234. The Morgan fingerprint density at radius 3 is 0.760 bits per heavy atom. The minimum atomic E-state index is -0.622. The molecule has 1 saturated heterocycles. The second-order valence-electron chi connectivity index (χ2n) is 46.3. The molecule has 6 aliphatic carbocycles. The van der Waals surface area contributed by atoms with Crippen molar-refractivity contribution in [3.8, 4) is 0 Å². The molecule has 0 aromatic carbocycles. The number of hydrogen-bond acceptors (Lipinski definition) is 35. The number of hydrogen-bond donors (Lipinski definition) is 33. The highest BCUT2D eigenvalue weighted by molar-refractivity contribution is 5.00. The summed E-state index contributed by atoms with van der Waals surface area (Å²) in [6.07, 6.45) is 33.7. The Bertz CT molecular complexity index is 2480. The molecule has 0 amide bonds. The van der Waals surface area contributed by atoms with E-state index in [1.165, 1.54) is 103 Å². The summed E-state index contributed by atoms with van der Waals surface area (Å²) in [6.45, 7) is 52.6. The van der Waals surface area contributed by atoms with Gasteiger partial charge >= 0.3 is 0 Å². The number of rotatable bonds is 48. The molecule has 0 radical (unpaired) electrons. The SMILES string of the molecule is CC[C@@H](CO)NC.CC[C@H](CO)NC.CC[C@H](NC)[C@H](C)O.CNC1(CO)CC1.CNC1(CO)CCCC1.CNC1(CO)CCCCC1.CNCC(C)(C)O.CN[C@@H](C(C)C)C(C)(C)O.CN[C@@H](C1CC1)C(C)(C)O.CN[C@@H](CO)C(C)C.CN[C@H](CO)C(C)(C)C.CN[C@H](CO)C(C)C.CN[C@H](CO)C1CCCC1.CN[C@H](CO)C1CCCCC1.CN[C@H](CO)C1CCOCC1.CN[C@H](CO)CC(C)C.CN[C@H](COC)C(C)C. The van der Waals surface area contributed by atoms with Crippen LogP contribution in [-0.2, 0) is 9.47 Å². The molecule has 0 bridgehead atoms. The minimum absolute atomic E-state index is 0.0677. The zero-order chi connectivity index (χ0) is 118. The fraction of sp³-hybridized carbons (Fsp3) is 1.00. The van der Waals surface area contributed by atoms with E-state index in [1.54, 1.807) is 27.9 Å². The monoisotopic (exact) mass is 2180 g/mol. The molecule has 6 saturated carbocycles. The number of likely N-dealkylation sites (N-methyl/N-ethyl adjacent to an activating group) is 17. The maximum atomic E-state index is 9.63. The van der Waals surface area contributed by atoms with Crippen LogP contribution < -0.4 is 90.4 Å². The Labute approximate surface area is 925 Å². The highest BCUT2D eigenvalue weighted by atomic mass is 16.5. The zero-order valence-corrected chi connectivity index (χ0v) is 105. The molecule has 1 aliphatic heterocycles. The van der Waals surface area contributed by atoms with Crippen molar-refractivity contribution in [2.75, 3.05) is 233 Å². The predicted molar refractivity (Wildman–Crippen MR) is 639 cm³/mol. The maximum absolute atomic E-state index is 9.63. The normalized spacial score (nSPS) is 18.9. The van der Waals surface area contributed by atoms with Gasteiger partial charge in [-0.05, 0) is 343 Å². The van der Waals surface area contributed by atoms with Crippen molar-refractivity contribution in [1.82, 2.24) is 90.4 Å². The Balaban J connectivity index is -0.000000174. The summed E-state index contributed by atoms with van der Waals surface area (Å²) < 4.78 is 10.2. The highest BCUT2D eigenvalue weighted by Crippen LogP contribution is 2.37. The fourth-order valence-electron chi connectivity index (χ4n) is 18.2. The summed E-state index contributed by atoms with van der Waals surface area (Å²) in [5.74, 6) is 5.57. The molecule has 7 rings (SSSR count). The molecule has 35 heteroatoms. The third-order valence-electron chi connectivity index (χ3n) is 29.8. The molecular formula is C115H267N17O18. The van der Waals surface area contributed by atoms with Gasteiger partial charge in [0.1, 0.15) is 0 Å². The fourth-order valence-corrected chi connectivity index (χ4v) is 18.2. The standard InChI is InChI=1S/C9H19NO.C8H17NO2.3C8H17NO.C8H19NO.C7H15NO.3C7H17NO.3C6H15NO.C5H11NO.3C5H13NO/c1-10-9(7-11)8-5-3-2-4-6-8;1-9-8(6-10)7-2-4-11-5-3-7;1-8(2,10)7(9-3)6-4-5-6;1-9-8(6-10)7-4-2-3-5-7;1-9-8(7-10)5-3-2-4-6-8;1-6(2)7(9-5)8(3,4)10;1-8-7(6-9)4-2-3-5-7;1-7(2,3)6(5-9)8-4;1-6(2)7(8-3)5-9-4;1-6(2)4-7(5-9)8-3;2*1-5(2)6(4-8)7-3;1-4-6(7-3)5(2)8;1-6-5(4-7)2-3-5;1-5(2,7)4-6-3;2*1-3-5(4-7)6-2/h8-11H,2-7H2,1H3;7-10H,2-6H2,1H3;6-7,9-10H,4-5H2,1-3H3;7-10H,2-6H2,1H3;9-10H,2-7H2,1H3;6-7,9-10H,1-5H3;8-9H,2-6H2,1H3;6,8-9H,5H2,1-4H3;6-8H,5H2,1-4H3;6-9H,4-5H2,1-3H3;3*5-8H,4H2,1-3H3;6-7H,2-4H2,1H3;6-7H,4H2,1-3H3;2*5-7H,3-4H2,1-2H3/t9-;8-;7-;8-;;7-;;6-;2*7-;2*6-;5-,6-;;;2*5-/m1101.0.110100..10/s1. The van der Waals surface area contributed by atoms with Gasteiger partial charge in [-0.3, -0.25) is 0 Å². The first-order valence-electron chi connectivity index (χ1n) is 58.1. The summed E-state index contributed by atoms with van der Waals surface area (Å²) in [5.41, 5.74) is -1.30. The van der Waals surface area contributed by atoms with Crippen molar-refractivity contribution in [3.05, 3.63) is 0 Å². The molecule has 0 aromatic rings. The minimum Gasteiger partial charge on any atom is -0.395 e. The molecule has 1 heterocycles. The van der Waals surface area contributed by atoms with Crippen LogP contribution in [0.2, 0.25) is 0 Å². The topological polar surface area (TPSA) is 547 Å². The molecule has 0 unspecified atom stereocenters. The predicted octanol–water partition coefficient (Wildman–Crippen LogP) is 7.64. The van der Waals surface area contributed by atoms with Crippen molar-refractivity contribution < 1.29 is 91.2 Å². The summed E-state index contributed by atoms with van der Waals surface area (Å²) in [6, 6.07) is 3.76. The van der Waals surface area contributed by atoms with E-state index in [4.69, 9.17) is 81.0 Å². The van der Waals surface area contributed by atoms with Gasteiger partial charge < -0.3 is 182 Å². The lowest BCUT2D eigenvalue weighted by atomic mass is 9.82. The van der Waals surface area contributed by atoms with Crippen LogP contribution in [0.1, 0.15) is 339 Å². The van der Waals surface area contributed by atoms with Gasteiger partial charge in [-0.25, -0.2) is 0 Å². The van der Waals surface area contributed by atoms with E-state index in [2.05, 4.69) is 180 Å². The first kappa shape index (κ1) is 169. The summed E-state index contributed by atoms with van der Waals surface area (Å²) in [4.78, 5) is 0. The molecule has 7 fully saturated rings. The van der Waals surface area contributed by atoms with E-state index in [9.17, 15) is 10.2 Å². The van der Waals surface area contributed by atoms with Gasteiger partial charge in [-0.1, -0.05) is 175 Å². The molecule has 0 spiro atoms. The Kier molecular flexibility index (Phi) is 120. The van der Waals surface area contributed by atoms with Gasteiger partial charge in [0.05, 0.1) is 109 Å². The van der Waals surface area contributed by atoms with E-state index < -0.39 is 16.8 Å². The van der Waals surface area contributed by atoms with Crippen LogP contribution in [0.25, 0.3) is 0 Å². The van der Waals surface area contributed by atoms with Crippen molar-refractivity contribution >= 4 is 0 Å². The van der Waals surface area contributed by atoms with Crippen LogP contribution in [0, 0.1) is 58.7 Å². The van der Waals surface area contributed by atoms with Gasteiger partial charge in [0.25, 0.3) is 0 Å². The molecular weight excluding hydrogens is 1910 g/mol. The van der Waals surface area contributed by atoms with Gasteiger partial charge in [-0.15, -0.1) is 0 Å². The van der Waals surface area contributed by atoms with Crippen LogP contribution in [-0.4, -0.2) is 432 Å². The second-order valence-corrected chi connectivity index (χ2v) is 46.3. The maximum Gasteiger partial charge on any atom is 0.0746 e. The Morgan fingerprint density at radius 2 is 0.647 bits per heavy atom. The Hall–Kier alpha value is -1.40. The van der Waals surface area contributed by atoms with Gasteiger partial charge in [-0.2, -0.15) is 0 Å². The van der Waals surface area contributed by atoms with Crippen LogP contribution in [0.15, 0.2) is 0 Å². The average molecular weight is 2180 g/mol. The zero-order valence-electron chi connectivity index (χ0n) is 105. The van der Waals surface area contributed by atoms with E-state index >= 15 is 0 Å². The smallest absolute Gasteiger partial charge is 0.0746 e. The molecule has 7 aliphatic rings. The van der Waals surface area contributed by atoms with E-state index in [0.29, 0.717) is 111 Å². The van der Waals surface area contributed by atoms with E-state index in [-0.39, 0.29) is 123 Å². The lowest BCUT2D eigenvalue weighted by Gasteiger charge is -2.35. The molecule has 35 nitrogen and oxygen atoms in total. The van der Waals surface area contributed by atoms with Crippen molar-refractivity contribution in [1.29, 1.82) is 0 Å². The lowest BCUT2D eigenvalue weighted by Crippen LogP contribution is -2.48. The second kappa shape index (κ2) is 106. The van der Waals surface area contributed by atoms with E-state index in [1.807, 2.05) is 168 Å².